The van der Waals surface area contributed by atoms with Crippen molar-refractivity contribution in [3.63, 3.8) is 0 Å². The molecule has 3 rings (SSSR count). The van der Waals surface area contributed by atoms with E-state index in [2.05, 4.69) is 16.0 Å². The van der Waals surface area contributed by atoms with Crippen molar-refractivity contribution in [2.75, 3.05) is 4.90 Å². The van der Waals surface area contributed by atoms with Crippen LogP contribution in [0.5, 0.6) is 0 Å². The maximum Gasteiger partial charge on any atom is 0.155 e. The van der Waals surface area contributed by atoms with Crippen molar-refractivity contribution in [1.82, 2.24) is 9.97 Å². The monoisotopic (exact) mass is 296 g/mol. The largest absolute Gasteiger partial charge is 0.326 e. The van der Waals surface area contributed by atoms with E-state index in [0.717, 1.165) is 23.2 Å². The summed E-state index contributed by atoms with van der Waals surface area (Å²) in [6.07, 6.45) is 4.06. The summed E-state index contributed by atoms with van der Waals surface area (Å²) in [5.74, 6) is 0.644. The summed E-state index contributed by atoms with van der Waals surface area (Å²) in [5, 5.41) is 9.91. The second-order valence-electron chi connectivity index (χ2n) is 4.75. The van der Waals surface area contributed by atoms with Crippen molar-refractivity contribution in [2.24, 2.45) is 0 Å². The van der Waals surface area contributed by atoms with Gasteiger partial charge in [0.1, 0.15) is 17.4 Å². The summed E-state index contributed by atoms with van der Waals surface area (Å²) in [4.78, 5) is 10.4. The highest BCUT2D eigenvalue weighted by Crippen LogP contribution is 2.33. The topological polar surface area (TPSA) is 52.8 Å². The third-order valence-electron chi connectivity index (χ3n) is 3.50. The zero-order valence-electron chi connectivity index (χ0n) is 11.5. The number of benzene rings is 1. The molecule has 0 amide bonds. The van der Waals surface area contributed by atoms with E-state index in [-0.39, 0.29) is 0 Å². The number of allylic oxidation sites excluding steroid dienone is 1. The molecule has 0 fully saturated rings. The molecular formula is C16H13ClN4. The first-order chi connectivity index (χ1) is 10.2. The van der Waals surface area contributed by atoms with Gasteiger partial charge >= 0.3 is 0 Å². The van der Waals surface area contributed by atoms with Crippen LogP contribution in [0.3, 0.4) is 0 Å². The van der Waals surface area contributed by atoms with Crippen LogP contribution in [0.2, 0.25) is 5.02 Å². The van der Waals surface area contributed by atoms with Crippen molar-refractivity contribution in [1.29, 1.82) is 5.26 Å². The third-order valence-corrected chi connectivity index (χ3v) is 3.89. The van der Waals surface area contributed by atoms with Gasteiger partial charge in [0.25, 0.3) is 0 Å². The van der Waals surface area contributed by atoms with Gasteiger partial charge < -0.3 is 4.90 Å². The Labute approximate surface area is 128 Å². The fourth-order valence-corrected chi connectivity index (χ4v) is 2.78. The zero-order chi connectivity index (χ0) is 14.8. The van der Waals surface area contributed by atoms with Crippen molar-refractivity contribution >= 4 is 23.0 Å². The van der Waals surface area contributed by atoms with Crippen LogP contribution < -0.4 is 4.90 Å². The quantitative estimate of drug-likeness (QED) is 0.850. The van der Waals surface area contributed by atoms with Crippen LogP contribution in [0, 0.1) is 11.3 Å². The van der Waals surface area contributed by atoms with Crippen LogP contribution in [0.25, 0.3) is 5.57 Å². The number of hydrogen-bond acceptors (Lipinski definition) is 4. The highest BCUT2D eigenvalue weighted by Gasteiger charge is 2.21. The normalized spacial score (nSPS) is 13.4. The molecular weight excluding hydrogens is 284 g/mol. The Balaban J connectivity index is 2.09. The summed E-state index contributed by atoms with van der Waals surface area (Å²) in [6.45, 7) is 2.64. The number of nitriles is 1. The summed E-state index contributed by atoms with van der Waals surface area (Å²) in [6, 6.07) is 10.1. The van der Waals surface area contributed by atoms with Crippen molar-refractivity contribution < 1.29 is 0 Å². The van der Waals surface area contributed by atoms with E-state index in [1.54, 1.807) is 6.20 Å². The Kier molecular flexibility index (Phi) is 3.59. The Morgan fingerprint density at radius 1 is 1.33 bits per heavy atom. The van der Waals surface area contributed by atoms with Gasteiger partial charge in [0.2, 0.25) is 0 Å². The van der Waals surface area contributed by atoms with Crippen molar-refractivity contribution in [2.45, 2.75) is 19.9 Å². The standard InChI is InChI=1S/C16H13ClN4/c1-2-14-15(17)16(20-10-19-14)21-8-11-5-3-4-6-13(11)12(7-18)9-21/h3-6,9-10H,2,8H2,1H3. The summed E-state index contributed by atoms with van der Waals surface area (Å²) >= 11 is 6.38. The van der Waals surface area contributed by atoms with Gasteiger partial charge in [0, 0.05) is 12.7 Å². The van der Waals surface area contributed by atoms with Crippen molar-refractivity contribution in [3.05, 3.63) is 58.6 Å². The molecule has 0 spiro atoms. The highest BCUT2D eigenvalue weighted by molar-refractivity contribution is 6.33. The molecule has 0 bridgehead atoms. The van der Waals surface area contributed by atoms with E-state index >= 15 is 0 Å². The number of rotatable bonds is 2. The van der Waals surface area contributed by atoms with Crippen LogP contribution >= 0.6 is 11.6 Å². The Bertz CT molecular complexity index is 761. The Morgan fingerprint density at radius 2 is 2.14 bits per heavy atom. The molecule has 21 heavy (non-hydrogen) atoms. The van der Waals surface area contributed by atoms with Gasteiger partial charge in [-0.2, -0.15) is 5.26 Å². The number of fused-ring (bicyclic) bond motifs is 1. The fourth-order valence-electron chi connectivity index (χ4n) is 2.44. The van der Waals surface area contributed by atoms with E-state index in [1.165, 1.54) is 6.33 Å². The van der Waals surface area contributed by atoms with E-state index in [4.69, 9.17) is 11.6 Å². The molecule has 1 aromatic carbocycles. The molecule has 0 N–H and O–H groups in total. The molecule has 0 aliphatic carbocycles. The fraction of sp³-hybridized carbons (Fsp3) is 0.188. The van der Waals surface area contributed by atoms with Crippen LogP contribution in [0.1, 0.15) is 23.7 Å². The van der Waals surface area contributed by atoms with Crippen LogP contribution in [0.4, 0.5) is 5.82 Å². The first-order valence-corrected chi connectivity index (χ1v) is 7.08. The minimum atomic E-state index is 0.549. The first-order valence-electron chi connectivity index (χ1n) is 6.70. The average Bonchev–Trinajstić information content (AvgIpc) is 2.54. The van der Waals surface area contributed by atoms with Crippen LogP contribution in [-0.2, 0) is 13.0 Å². The van der Waals surface area contributed by atoms with Gasteiger partial charge in [-0.05, 0) is 17.5 Å². The van der Waals surface area contributed by atoms with Gasteiger partial charge in [-0.15, -0.1) is 0 Å². The molecule has 4 nitrogen and oxygen atoms in total. The van der Waals surface area contributed by atoms with E-state index in [0.29, 0.717) is 23.0 Å². The molecule has 0 saturated heterocycles. The second-order valence-corrected chi connectivity index (χ2v) is 5.13. The summed E-state index contributed by atoms with van der Waals surface area (Å²) in [7, 11) is 0. The molecule has 1 aromatic heterocycles. The molecule has 5 heteroatoms. The SMILES string of the molecule is CCc1ncnc(N2C=C(C#N)c3ccccc3C2)c1Cl. The minimum absolute atomic E-state index is 0.549. The average molecular weight is 297 g/mol. The minimum Gasteiger partial charge on any atom is -0.326 e. The summed E-state index contributed by atoms with van der Waals surface area (Å²) in [5.41, 5.74) is 3.48. The van der Waals surface area contributed by atoms with Gasteiger partial charge in [-0.1, -0.05) is 42.8 Å². The molecule has 2 heterocycles. The predicted octanol–water partition coefficient (Wildman–Crippen LogP) is 3.58. The lowest BCUT2D eigenvalue weighted by molar-refractivity contribution is 0.900. The van der Waals surface area contributed by atoms with Crippen LogP contribution in [0.15, 0.2) is 36.8 Å². The smallest absolute Gasteiger partial charge is 0.155 e. The van der Waals surface area contributed by atoms with Gasteiger partial charge in [0.05, 0.1) is 11.3 Å². The first kappa shape index (κ1) is 13.6. The van der Waals surface area contributed by atoms with E-state index in [1.807, 2.05) is 36.1 Å². The van der Waals surface area contributed by atoms with E-state index in [9.17, 15) is 5.26 Å². The third kappa shape index (κ3) is 2.37. The number of halogens is 1. The molecule has 104 valence electrons. The van der Waals surface area contributed by atoms with E-state index < -0.39 is 0 Å². The molecule has 0 unspecified atom stereocenters. The van der Waals surface area contributed by atoms with Crippen LogP contribution in [-0.4, -0.2) is 9.97 Å². The molecule has 1 aliphatic heterocycles. The zero-order valence-corrected chi connectivity index (χ0v) is 12.3. The number of anilines is 1. The molecule has 0 saturated carbocycles. The number of hydrogen-bond donors (Lipinski definition) is 0. The Hall–Kier alpha value is -2.38. The predicted molar refractivity (Wildman–Crippen MR) is 82.6 cm³/mol. The maximum absolute atomic E-state index is 9.36. The molecule has 0 radical (unpaired) electrons. The molecule has 2 aromatic rings. The lowest BCUT2D eigenvalue weighted by atomic mass is 9.98. The number of nitrogens with zero attached hydrogens (tertiary/aromatic N) is 4. The van der Waals surface area contributed by atoms with Gasteiger partial charge in [-0.3, -0.25) is 0 Å². The number of aryl methyl sites for hydroxylation is 1. The summed E-state index contributed by atoms with van der Waals surface area (Å²) < 4.78 is 0. The van der Waals surface area contributed by atoms with Crippen molar-refractivity contribution in [3.8, 4) is 6.07 Å². The van der Waals surface area contributed by atoms with Gasteiger partial charge in [0.15, 0.2) is 5.82 Å². The lowest BCUT2D eigenvalue weighted by Crippen LogP contribution is -2.22. The number of aromatic nitrogens is 2. The lowest BCUT2D eigenvalue weighted by Gasteiger charge is -2.26. The maximum atomic E-state index is 9.36. The second kappa shape index (κ2) is 5.55. The Morgan fingerprint density at radius 3 is 2.90 bits per heavy atom. The van der Waals surface area contributed by atoms with Gasteiger partial charge in [-0.25, -0.2) is 9.97 Å². The molecule has 0 atom stereocenters. The highest BCUT2D eigenvalue weighted by atomic mass is 35.5. The molecule has 1 aliphatic rings.